The zero-order valence-corrected chi connectivity index (χ0v) is 19.7. The summed E-state index contributed by atoms with van der Waals surface area (Å²) in [7, 11) is -2.86. The predicted octanol–water partition coefficient (Wildman–Crippen LogP) is 5.39. The van der Waals surface area contributed by atoms with Crippen molar-refractivity contribution in [2.24, 2.45) is 0 Å². The van der Waals surface area contributed by atoms with Gasteiger partial charge in [-0.25, -0.2) is 9.97 Å². The Labute approximate surface area is 203 Å². The van der Waals surface area contributed by atoms with E-state index in [4.69, 9.17) is 10.2 Å². The molecular formula is C24H32N6O3S. The maximum absolute atomic E-state index is 10.4. The average Bonchev–Trinajstić information content (AvgIpc) is 3.29. The summed E-state index contributed by atoms with van der Waals surface area (Å²) in [6.07, 6.45) is 1.56. The van der Waals surface area contributed by atoms with Crippen LogP contribution >= 0.6 is 10.6 Å². The molecule has 0 amide bonds. The molecule has 2 aromatic carbocycles. The summed E-state index contributed by atoms with van der Waals surface area (Å²) in [5, 5.41) is 11.4. The number of nitrogens with one attached hydrogen (secondary N) is 1. The van der Waals surface area contributed by atoms with Gasteiger partial charge in [0.2, 0.25) is 5.89 Å². The first kappa shape index (κ1) is 22.5. The van der Waals surface area contributed by atoms with Gasteiger partial charge in [0.05, 0.1) is 16.8 Å². The van der Waals surface area contributed by atoms with Crippen LogP contribution in [-0.4, -0.2) is 47.6 Å². The number of nitrogens with zero attached hydrogens (tertiary/aromatic N) is 4. The summed E-state index contributed by atoms with van der Waals surface area (Å²) >= 11 is 0. The molecule has 0 spiro atoms. The highest BCUT2D eigenvalue weighted by Crippen LogP contribution is 2.52. The summed E-state index contributed by atoms with van der Waals surface area (Å²) in [5.41, 5.74) is 9.75. The normalized spacial score (nSPS) is 14.9. The molecule has 34 heavy (non-hydrogen) atoms. The number of hydrogen-bond donors (Lipinski definition) is 4. The third kappa shape index (κ3) is 4.16. The lowest BCUT2D eigenvalue weighted by molar-refractivity contribution is 0.448. The van der Waals surface area contributed by atoms with Crippen LogP contribution in [0.4, 0.5) is 5.82 Å². The van der Waals surface area contributed by atoms with Crippen molar-refractivity contribution >= 4 is 16.4 Å². The fourth-order valence-electron chi connectivity index (χ4n) is 3.68. The molecule has 182 valence electrons. The Kier molecular flexibility index (Phi) is 5.82. The fourth-order valence-corrected chi connectivity index (χ4v) is 4.76. The van der Waals surface area contributed by atoms with Gasteiger partial charge in [0.15, 0.2) is 11.5 Å². The number of hydrogen-bond acceptors (Lipinski definition) is 9. The highest BCUT2D eigenvalue weighted by atomic mass is 32.3. The van der Waals surface area contributed by atoms with Crippen LogP contribution in [0.15, 0.2) is 64.0 Å². The molecule has 3 heterocycles. The third-order valence-electron chi connectivity index (χ3n) is 5.97. The van der Waals surface area contributed by atoms with Gasteiger partial charge in [-0.2, -0.15) is 10.6 Å². The first-order valence-electron chi connectivity index (χ1n) is 11.0. The molecule has 1 aliphatic rings. The van der Waals surface area contributed by atoms with Crippen LogP contribution in [0.25, 0.3) is 34.3 Å². The molecule has 1 saturated heterocycles. The Balaban J connectivity index is 0.00000160. The predicted molar refractivity (Wildman–Crippen MR) is 139 cm³/mol. The first-order chi connectivity index (χ1) is 16.3. The van der Waals surface area contributed by atoms with Crippen molar-refractivity contribution in [2.45, 2.75) is 29.9 Å². The van der Waals surface area contributed by atoms with Gasteiger partial charge < -0.3 is 15.5 Å². The Morgan fingerprint density at radius 3 is 2.47 bits per heavy atom. The number of rotatable bonds is 6. The Bertz CT molecular complexity index is 1330. The van der Waals surface area contributed by atoms with Crippen molar-refractivity contribution in [2.75, 3.05) is 18.8 Å². The average molecular weight is 485 g/mol. The Morgan fingerprint density at radius 1 is 1.06 bits per heavy atom. The van der Waals surface area contributed by atoms with Crippen LogP contribution in [0.1, 0.15) is 29.6 Å². The summed E-state index contributed by atoms with van der Waals surface area (Å²) in [6, 6.07) is 15.0. The largest absolute Gasteiger partial charge is 0.414 e. The van der Waals surface area contributed by atoms with Crippen LogP contribution in [0.2, 0.25) is 0 Å². The molecule has 2 aromatic heterocycles. The monoisotopic (exact) mass is 484 g/mol. The highest BCUT2D eigenvalue weighted by Gasteiger charge is 2.22. The molecule has 0 atom stereocenters. The first-order valence-corrected chi connectivity index (χ1v) is 12.6. The van der Waals surface area contributed by atoms with Gasteiger partial charge >= 0.3 is 0 Å². The summed E-state index contributed by atoms with van der Waals surface area (Å²) in [5.74, 6) is 1.25. The maximum Gasteiger partial charge on any atom is 0.270 e. The summed E-state index contributed by atoms with van der Waals surface area (Å²) < 4.78 is 26.7. The molecule has 0 saturated carbocycles. The van der Waals surface area contributed by atoms with E-state index < -0.39 is 10.6 Å². The third-order valence-corrected chi connectivity index (χ3v) is 8.25. The summed E-state index contributed by atoms with van der Waals surface area (Å²) in [4.78, 5) is 9.34. The lowest BCUT2D eigenvalue weighted by atomic mass is 9.92. The molecule has 5 rings (SSSR count). The van der Waals surface area contributed by atoms with Crippen molar-refractivity contribution in [1.82, 2.24) is 25.5 Å². The van der Waals surface area contributed by atoms with Gasteiger partial charge in [0.25, 0.3) is 5.89 Å². The molecule has 1 aliphatic heterocycles. The second kappa shape index (κ2) is 8.80. The van der Waals surface area contributed by atoms with Crippen LogP contribution in [0.5, 0.6) is 0 Å². The minimum Gasteiger partial charge on any atom is -0.414 e. The maximum atomic E-state index is 10.4. The highest BCUT2D eigenvalue weighted by molar-refractivity contribution is 8.24. The van der Waals surface area contributed by atoms with Crippen molar-refractivity contribution in [3.05, 3.63) is 60.3 Å². The fraction of sp³-hybridized carbons (Fsp3) is 0.250. The lowest BCUT2D eigenvalue weighted by Gasteiger charge is -2.36. The van der Waals surface area contributed by atoms with Crippen molar-refractivity contribution in [3.63, 3.8) is 0 Å². The standard InChI is InChI=1S/C24H26N6O3S.3H2/c1-14(2)34(31,32)19-8-6-15(7-9-19)20-13-27-22(25)21(28-20)24-30-29-23(33-24)17-5-3-4-16(10-17)18-11-26-12-18;;;/h3-10,13-14,18,26,31-32H,11-12H2,1-2H3,(H2,25,27);3*1H. The molecule has 0 radical (unpaired) electrons. The van der Waals surface area contributed by atoms with Crippen molar-refractivity contribution in [1.29, 1.82) is 0 Å². The van der Waals surface area contributed by atoms with Crippen LogP contribution in [0, 0.1) is 0 Å². The minimum absolute atomic E-state index is 0. The van der Waals surface area contributed by atoms with E-state index in [-0.39, 0.29) is 21.2 Å². The van der Waals surface area contributed by atoms with E-state index >= 15 is 0 Å². The van der Waals surface area contributed by atoms with Crippen molar-refractivity contribution in [3.8, 4) is 34.3 Å². The molecule has 0 aliphatic carbocycles. The molecule has 0 unspecified atom stereocenters. The second-order valence-electron chi connectivity index (χ2n) is 8.55. The topological polar surface area (TPSA) is 143 Å². The number of nitrogens with two attached hydrogens (primary N) is 1. The van der Waals surface area contributed by atoms with Gasteiger partial charge in [0, 0.05) is 39.7 Å². The van der Waals surface area contributed by atoms with E-state index in [1.807, 2.05) is 12.1 Å². The van der Waals surface area contributed by atoms with Gasteiger partial charge in [-0.3, -0.25) is 9.11 Å². The molecule has 9 nitrogen and oxygen atoms in total. The SMILES string of the molecule is CC(C)S(O)(O)c1ccc(-c2cnc(N)c(-c3nnc(-c4cccc(C5CNC5)c4)o3)n2)cc1.[HH].[HH].[HH]. The molecule has 5 N–H and O–H groups in total. The molecule has 0 bridgehead atoms. The molecule has 4 aromatic rings. The van der Waals surface area contributed by atoms with E-state index in [1.54, 1.807) is 44.3 Å². The van der Waals surface area contributed by atoms with Gasteiger partial charge in [-0.1, -0.05) is 24.3 Å². The number of aromatic nitrogens is 4. The minimum atomic E-state index is -2.86. The zero-order valence-electron chi connectivity index (χ0n) is 18.8. The molecule has 10 heteroatoms. The second-order valence-corrected chi connectivity index (χ2v) is 11.1. The van der Waals surface area contributed by atoms with Gasteiger partial charge in [0.1, 0.15) is 0 Å². The van der Waals surface area contributed by atoms with Crippen LogP contribution in [-0.2, 0) is 0 Å². The Morgan fingerprint density at radius 2 is 1.79 bits per heavy atom. The molecule has 1 fully saturated rings. The van der Waals surface area contributed by atoms with E-state index in [1.165, 1.54) is 5.56 Å². The van der Waals surface area contributed by atoms with E-state index in [9.17, 15) is 9.11 Å². The smallest absolute Gasteiger partial charge is 0.270 e. The van der Waals surface area contributed by atoms with Crippen LogP contribution < -0.4 is 11.1 Å². The molecular weight excluding hydrogens is 452 g/mol. The lowest BCUT2D eigenvalue weighted by Crippen LogP contribution is -2.39. The number of nitrogen functional groups attached to an aromatic ring is 1. The van der Waals surface area contributed by atoms with Crippen molar-refractivity contribution < 1.29 is 17.8 Å². The number of benzene rings is 2. The van der Waals surface area contributed by atoms with E-state index in [0.717, 1.165) is 24.2 Å². The van der Waals surface area contributed by atoms with E-state index in [0.29, 0.717) is 28.1 Å². The van der Waals surface area contributed by atoms with Gasteiger partial charge in [-0.15, -0.1) is 10.2 Å². The van der Waals surface area contributed by atoms with Crippen LogP contribution in [0.3, 0.4) is 0 Å². The Hall–Kier alpha value is -3.31. The van der Waals surface area contributed by atoms with Gasteiger partial charge in [-0.05, 0) is 43.7 Å². The summed E-state index contributed by atoms with van der Waals surface area (Å²) in [6.45, 7) is 5.49. The zero-order chi connectivity index (χ0) is 23.9. The van der Waals surface area contributed by atoms with E-state index in [2.05, 4.69) is 37.6 Å². The quantitative estimate of drug-likeness (QED) is 0.283. The number of anilines is 1.